The molecule has 0 aliphatic heterocycles. The van der Waals surface area contributed by atoms with E-state index in [-0.39, 0.29) is 5.91 Å². The first kappa shape index (κ1) is 16.6. The SMILES string of the molecule is Cc1nn2cnnc2c(C)c1CCC(=O)NCc1ccc(Br)cc1. The maximum absolute atomic E-state index is 12.1. The van der Waals surface area contributed by atoms with E-state index in [1.54, 1.807) is 10.8 Å². The number of hydrogen-bond acceptors (Lipinski definition) is 4. The maximum atomic E-state index is 12.1. The molecule has 1 amide bonds. The Morgan fingerprint density at radius 3 is 2.75 bits per heavy atom. The molecule has 1 aromatic carbocycles. The number of halogens is 1. The van der Waals surface area contributed by atoms with Crippen molar-refractivity contribution in [3.8, 4) is 0 Å². The third-order valence-electron chi connectivity index (χ3n) is 4.02. The third kappa shape index (κ3) is 3.62. The van der Waals surface area contributed by atoms with Gasteiger partial charge in [0.2, 0.25) is 5.91 Å². The maximum Gasteiger partial charge on any atom is 0.220 e. The Morgan fingerprint density at radius 2 is 2.00 bits per heavy atom. The van der Waals surface area contributed by atoms with E-state index >= 15 is 0 Å². The van der Waals surface area contributed by atoms with Gasteiger partial charge in [-0.3, -0.25) is 4.79 Å². The van der Waals surface area contributed by atoms with Crippen molar-refractivity contribution < 1.29 is 4.79 Å². The minimum Gasteiger partial charge on any atom is -0.352 e. The monoisotopic (exact) mass is 387 g/mol. The van der Waals surface area contributed by atoms with Crippen LogP contribution in [-0.4, -0.2) is 25.7 Å². The summed E-state index contributed by atoms with van der Waals surface area (Å²) in [7, 11) is 0. The average molecular weight is 388 g/mol. The lowest BCUT2D eigenvalue weighted by atomic mass is 10.0. The second-order valence-corrected chi connectivity index (χ2v) is 6.61. The second kappa shape index (κ2) is 7.09. The van der Waals surface area contributed by atoms with Gasteiger partial charge in [-0.05, 0) is 43.5 Å². The summed E-state index contributed by atoms with van der Waals surface area (Å²) in [6.45, 7) is 4.47. The molecule has 6 nitrogen and oxygen atoms in total. The van der Waals surface area contributed by atoms with Crippen molar-refractivity contribution in [3.63, 3.8) is 0 Å². The number of rotatable bonds is 5. The standard InChI is InChI=1S/C17H18BrN5O/c1-11-15(12(2)22-23-10-20-21-17(11)23)7-8-16(24)19-9-13-3-5-14(18)6-4-13/h3-6,10H,7-9H2,1-2H3,(H,19,24). The van der Waals surface area contributed by atoms with Gasteiger partial charge in [0.15, 0.2) is 5.65 Å². The zero-order valence-corrected chi connectivity index (χ0v) is 15.2. The van der Waals surface area contributed by atoms with Crippen LogP contribution in [0.1, 0.15) is 28.8 Å². The lowest BCUT2D eigenvalue weighted by Crippen LogP contribution is -2.23. The van der Waals surface area contributed by atoms with E-state index in [9.17, 15) is 4.79 Å². The smallest absolute Gasteiger partial charge is 0.220 e. The third-order valence-corrected chi connectivity index (χ3v) is 4.55. The number of fused-ring (bicyclic) bond motifs is 1. The van der Waals surface area contributed by atoms with E-state index in [1.165, 1.54) is 0 Å². The highest BCUT2D eigenvalue weighted by Crippen LogP contribution is 2.17. The molecule has 0 saturated heterocycles. The molecule has 0 spiro atoms. The quantitative estimate of drug-likeness (QED) is 0.730. The highest BCUT2D eigenvalue weighted by Gasteiger charge is 2.12. The van der Waals surface area contributed by atoms with Gasteiger partial charge in [-0.1, -0.05) is 28.1 Å². The average Bonchev–Trinajstić information content (AvgIpc) is 3.02. The Labute approximate surface area is 148 Å². The Bertz CT molecular complexity index is 873. The number of carbonyl (C=O) groups is 1. The molecule has 0 atom stereocenters. The fraction of sp³-hybridized carbons (Fsp3) is 0.294. The summed E-state index contributed by atoms with van der Waals surface area (Å²) in [5.41, 5.74) is 4.81. The van der Waals surface area contributed by atoms with Gasteiger partial charge < -0.3 is 5.32 Å². The molecule has 0 unspecified atom stereocenters. The molecule has 0 aliphatic rings. The summed E-state index contributed by atoms with van der Waals surface area (Å²) in [4.78, 5) is 12.1. The van der Waals surface area contributed by atoms with Gasteiger partial charge in [-0.2, -0.15) is 5.10 Å². The number of aryl methyl sites for hydroxylation is 2. The van der Waals surface area contributed by atoms with Crippen LogP contribution in [0.4, 0.5) is 0 Å². The highest BCUT2D eigenvalue weighted by molar-refractivity contribution is 9.10. The van der Waals surface area contributed by atoms with Crippen LogP contribution in [0.15, 0.2) is 35.1 Å². The summed E-state index contributed by atoms with van der Waals surface area (Å²) >= 11 is 3.40. The van der Waals surface area contributed by atoms with Crippen LogP contribution < -0.4 is 5.32 Å². The number of nitrogens with one attached hydrogen (secondary N) is 1. The summed E-state index contributed by atoms with van der Waals surface area (Å²) in [6.07, 6.45) is 2.65. The first-order valence-electron chi connectivity index (χ1n) is 7.72. The summed E-state index contributed by atoms with van der Waals surface area (Å²) in [6, 6.07) is 7.91. The van der Waals surface area contributed by atoms with E-state index in [0.29, 0.717) is 19.4 Å². The van der Waals surface area contributed by atoms with Gasteiger partial charge in [-0.25, -0.2) is 4.52 Å². The molecule has 24 heavy (non-hydrogen) atoms. The molecule has 0 saturated carbocycles. The fourth-order valence-corrected chi connectivity index (χ4v) is 2.94. The summed E-state index contributed by atoms with van der Waals surface area (Å²) in [5.74, 6) is 0.0260. The van der Waals surface area contributed by atoms with Gasteiger partial charge in [0.25, 0.3) is 0 Å². The zero-order valence-electron chi connectivity index (χ0n) is 13.6. The van der Waals surface area contributed by atoms with Crippen molar-refractivity contribution in [3.05, 3.63) is 57.4 Å². The van der Waals surface area contributed by atoms with Crippen molar-refractivity contribution >= 4 is 27.5 Å². The Hall–Kier alpha value is -2.28. The van der Waals surface area contributed by atoms with Crippen LogP contribution in [0.5, 0.6) is 0 Å². The Balaban J connectivity index is 1.61. The minimum absolute atomic E-state index is 0.0260. The predicted octanol–water partition coefficient (Wildman–Crippen LogP) is 2.75. The molecule has 1 N–H and O–H groups in total. The van der Waals surface area contributed by atoms with Crippen molar-refractivity contribution in [1.29, 1.82) is 0 Å². The topological polar surface area (TPSA) is 72.2 Å². The number of hydrogen-bond donors (Lipinski definition) is 1. The lowest BCUT2D eigenvalue weighted by Gasteiger charge is -2.10. The lowest BCUT2D eigenvalue weighted by molar-refractivity contribution is -0.121. The highest BCUT2D eigenvalue weighted by atomic mass is 79.9. The van der Waals surface area contributed by atoms with E-state index in [0.717, 1.165) is 32.5 Å². The van der Waals surface area contributed by atoms with Crippen molar-refractivity contribution in [2.75, 3.05) is 0 Å². The Kier molecular flexibility index (Phi) is 4.89. The van der Waals surface area contributed by atoms with Crippen LogP contribution in [0, 0.1) is 13.8 Å². The normalized spacial score (nSPS) is 11.0. The van der Waals surface area contributed by atoms with Crippen LogP contribution in [0.3, 0.4) is 0 Å². The molecule has 7 heteroatoms. The molecule has 0 bridgehead atoms. The molecule has 3 rings (SSSR count). The Morgan fingerprint density at radius 1 is 1.25 bits per heavy atom. The first-order valence-corrected chi connectivity index (χ1v) is 8.51. The predicted molar refractivity (Wildman–Crippen MR) is 94.6 cm³/mol. The molecule has 124 valence electrons. The summed E-state index contributed by atoms with van der Waals surface area (Å²) < 4.78 is 2.70. The molecule has 2 heterocycles. The van der Waals surface area contributed by atoms with Crippen LogP contribution in [0.2, 0.25) is 0 Å². The summed E-state index contributed by atoms with van der Waals surface area (Å²) in [5, 5.41) is 15.3. The first-order chi connectivity index (χ1) is 11.5. The number of benzene rings is 1. The largest absolute Gasteiger partial charge is 0.352 e. The van der Waals surface area contributed by atoms with Gasteiger partial charge in [0.1, 0.15) is 6.33 Å². The van der Waals surface area contributed by atoms with Gasteiger partial charge >= 0.3 is 0 Å². The van der Waals surface area contributed by atoms with Crippen LogP contribution >= 0.6 is 15.9 Å². The van der Waals surface area contributed by atoms with Gasteiger partial charge in [0, 0.05) is 23.0 Å². The number of amides is 1. The van der Waals surface area contributed by atoms with Crippen LogP contribution in [0.25, 0.3) is 5.65 Å². The number of carbonyl (C=O) groups excluding carboxylic acids is 1. The molecular formula is C17H18BrN5O. The van der Waals surface area contributed by atoms with Crippen molar-refractivity contribution in [1.82, 2.24) is 25.1 Å². The van der Waals surface area contributed by atoms with Crippen LogP contribution in [-0.2, 0) is 17.8 Å². The van der Waals surface area contributed by atoms with E-state index in [4.69, 9.17) is 0 Å². The van der Waals surface area contributed by atoms with E-state index < -0.39 is 0 Å². The van der Waals surface area contributed by atoms with E-state index in [2.05, 4.69) is 36.5 Å². The van der Waals surface area contributed by atoms with Crippen molar-refractivity contribution in [2.45, 2.75) is 33.2 Å². The molecule has 0 aliphatic carbocycles. The van der Waals surface area contributed by atoms with Gasteiger partial charge in [0.05, 0.1) is 5.69 Å². The zero-order chi connectivity index (χ0) is 17.1. The number of aromatic nitrogens is 4. The molecule has 0 radical (unpaired) electrons. The van der Waals surface area contributed by atoms with E-state index in [1.807, 2.05) is 38.1 Å². The van der Waals surface area contributed by atoms with Crippen molar-refractivity contribution in [2.24, 2.45) is 0 Å². The minimum atomic E-state index is 0.0260. The number of nitrogens with zero attached hydrogens (tertiary/aromatic N) is 4. The van der Waals surface area contributed by atoms with Gasteiger partial charge in [-0.15, -0.1) is 10.2 Å². The molecule has 3 aromatic rings. The second-order valence-electron chi connectivity index (χ2n) is 5.69. The molecular weight excluding hydrogens is 370 g/mol. The fourth-order valence-electron chi connectivity index (χ4n) is 2.68. The molecule has 2 aromatic heterocycles. The molecule has 0 fully saturated rings.